The summed E-state index contributed by atoms with van der Waals surface area (Å²) in [6, 6.07) is 78.0. The molecule has 0 aliphatic rings. The summed E-state index contributed by atoms with van der Waals surface area (Å²) in [4.78, 5) is 0. The van der Waals surface area contributed by atoms with E-state index in [9.17, 15) is 0 Å². The summed E-state index contributed by atoms with van der Waals surface area (Å²) in [5, 5.41) is 14.6. The van der Waals surface area contributed by atoms with Gasteiger partial charge in [0.1, 0.15) is 0 Å². The summed E-state index contributed by atoms with van der Waals surface area (Å²) in [6.45, 7) is 4.40. The van der Waals surface area contributed by atoms with Crippen molar-refractivity contribution >= 4 is 98.6 Å². The number of fused-ring (bicyclic) bond motifs is 10. The zero-order chi connectivity index (χ0) is 42.5. The van der Waals surface area contributed by atoms with E-state index in [1.54, 1.807) is 0 Å². The maximum Gasteiger partial charge on any atom is 0.0480 e. The molecule has 0 aliphatic carbocycles. The predicted molar refractivity (Wildman–Crippen MR) is 287 cm³/mol. The summed E-state index contributed by atoms with van der Waals surface area (Å²) < 4.78 is 5.66. The number of benzene rings is 9. The normalized spacial score (nSPS) is 12.5. The van der Waals surface area contributed by atoms with Crippen LogP contribution in [-0.4, -0.2) is 0 Å². The van der Waals surface area contributed by atoms with Gasteiger partial charge in [0, 0.05) is 60.8 Å². The van der Waals surface area contributed by atoms with Gasteiger partial charge in [-0.25, -0.2) is 0 Å². The smallest absolute Gasteiger partial charge is 0.0480 e. The van der Waals surface area contributed by atoms with Crippen LogP contribution in [0.2, 0.25) is 0 Å². The van der Waals surface area contributed by atoms with Gasteiger partial charge in [-0.1, -0.05) is 208 Å². The van der Waals surface area contributed by atoms with Gasteiger partial charge in [0.15, 0.2) is 0 Å². The molecule has 0 saturated carbocycles. The molecule has 64 heavy (non-hydrogen) atoms. The summed E-state index contributed by atoms with van der Waals surface area (Å²) in [5.74, 6) is 0. The van der Waals surface area contributed by atoms with Gasteiger partial charge in [0.2, 0.25) is 0 Å². The van der Waals surface area contributed by atoms with Crippen molar-refractivity contribution in [1.29, 1.82) is 0 Å². The fourth-order valence-electron chi connectivity index (χ4n) is 9.78. The van der Waals surface area contributed by atoms with Crippen LogP contribution in [0.4, 0.5) is 0 Å². The molecule has 0 radical (unpaired) electrons. The molecule has 2 atom stereocenters. The van der Waals surface area contributed by atoms with Crippen molar-refractivity contribution in [2.24, 2.45) is 0 Å². The van der Waals surface area contributed by atoms with Crippen LogP contribution < -0.4 is 0 Å². The van der Waals surface area contributed by atoms with E-state index >= 15 is 0 Å². The molecule has 0 saturated heterocycles. The minimum atomic E-state index is -0.766. The average Bonchev–Trinajstić information content (AvgIpc) is 4.08. The van der Waals surface area contributed by atoms with Crippen LogP contribution in [-0.2, 0) is 0 Å². The van der Waals surface area contributed by atoms with Crippen molar-refractivity contribution in [3.05, 3.63) is 217 Å². The zero-order valence-electron chi connectivity index (χ0n) is 35.3. The lowest BCUT2D eigenvalue weighted by Gasteiger charge is -2.08. The minimum Gasteiger partial charge on any atom is -0.134 e. The molecule has 13 aromatic rings. The van der Waals surface area contributed by atoms with E-state index in [0.29, 0.717) is 0 Å². The lowest BCUT2D eigenvalue weighted by molar-refractivity contribution is 1.49. The van der Waals surface area contributed by atoms with Crippen molar-refractivity contribution in [3.8, 4) is 55.1 Å². The quantitative estimate of drug-likeness (QED) is 0.156. The van der Waals surface area contributed by atoms with Crippen molar-refractivity contribution in [2.75, 3.05) is 0 Å². The molecule has 4 heteroatoms. The van der Waals surface area contributed by atoms with Crippen molar-refractivity contribution < 1.29 is 0 Å². The Labute approximate surface area is 382 Å². The summed E-state index contributed by atoms with van der Waals surface area (Å²) in [7, 11) is -1.53. The predicted octanol–water partition coefficient (Wildman–Crippen LogP) is 20.0. The Morgan fingerprint density at radius 3 is 1.00 bits per heavy atom. The summed E-state index contributed by atoms with van der Waals surface area (Å²) in [6.07, 6.45) is 0. The molecule has 0 nitrogen and oxygen atoms in total. The fraction of sp³-hybridized carbons (Fsp3) is 0.0333. The van der Waals surface area contributed by atoms with Crippen molar-refractivity contribution in [2.45, 2.75) is 13.8 Å². The largest absolute Gasteiger partial charge is 0.134 e. The molecule has 0 amide bonds. The van der Waals surface area contributed by atoms with Crippen LogP contribution in [0.25, 0.3) is 116 Å². The first-order valence-corrected chi connectivity index (χ1v) is 26.2. The number of hydrogen-bond donors (Lipinski definition) is 0. The van der Waals surface area contributed by atoms with Gasteiger partial charge in [-0.15, -0.1) is 22.7 Å². The van der Waals surface area contributed by atoms with Crippen molar-refractivity contribution in [1.82, 2.24) is 0 Å². The third-order valence-electron chi connectivity index (χ3n) is 13.1. The molecular formula is C60H40P2S2. The highest BCUT2D eigenvalue weighted by Crippen LogP contribution is 2.65. The van der Waals surface area contributed by atoms with Gasteiger partial charge in [-0.05, 0) is 93.2 Å². The molecule has 9 aromatic carbocycles. The molecule has 4 heterocycles. The summed E-state index contributed by atoms with van der Waals surface area (Å²) in [5.41, 5.74) is 12.6. The van der Waals surface area contributed by atoms with Gasteiger partial charge >= 0.3 is 0 Å². The fourth-order valence-corrected chi connectivity index (χ4v) is 18.6. The van der Waals surface area contributed by atoms with Crippen LogP contribution in [0, 0.1) is 13.8 Å². The molecule has 302 valence electrons. The molecule has 0 fully saturated rings. The van der Waals surface area contributed by atoms with E-state index in [1.165, 1.54) is 127 Å². The molecule has 0 spiro atoms. The Morgan fingerprint density at radius 1 is 0.297 bits per heavy atom. The second-order valence-corrected chi connectivity index (χ2v) is 23.4. The highest BCUT2D eigenvalue weighted by atomic mass is 32.1. The van der Waals surface area contributed by atoms with E-state index < -0.39 is 15.1 Å². The third-order valence-corrected chi connectivity index (χ3v) is 20.9. The SMILES string of the molecule is Cc1ccc(-p2c3cc4c5sc6cc(-c7ccc(-c8ccccc8)cc7)ccc6c5p(-c5ccc(C)cc5)c4cc3c3sc4cc(-c5ccc(-c6ccccc6)cc5)ccc4c32)cc1. The topological polar surface area (TPSA) is 0 Å². The maximum atomic E-state index is 2.64. The van der Waals surface area contributed by atoms with E-state index in [1.807, 2.05) is 22.7 Å². The van der Waals surface area contributed by atoms with Gasteiger partial charge in [-0.2, -0.15) is 0 Å². The monoisotopic (exact) mass is 886 g/mol. The zero-order valence-corrected chi connectivity index (χ0v) is 38.8. The van der Waals surface area contributed by atoms with E-state index in [2.05, 4.69) is 220 Å². The molecule has 0 bridgehead atoms. The van der Waals surface area contributed by atoms with E-state index in [4.69, 9.17) is 0 Å². The number of aryl methyl sites for hydroxylation is 2. The van der Waals surface area contributed by atoms with Gasteiger partial charge in [0.05, 0.1) is 0 Å². The lowest BCUT2D eigenvalue weighted by atomic mass is 10.00. The first kappa shape index (κ1) is 38.0. The second kappa shape index (κ2) is 15.1. The van der Waals surface area contributed by atoms with Crippen LogP contribution in [0.5, 0.6) is 0 Å². The van der Waals surface area contributed by atoms with E-state index in [-0.39, 0.29) is 0 Å². The highest BCUT2D eigenvalue weighted by molar-refractivity contribution is 7.70. The second-order valence-electron chi connectivity index (χ2n) is 17.1. The van der Waals surface area contributed by atoms with Crippen LogP contribution in [0.15, 0.2) is 206 Å². The molecular weight excluding hydrogens is 847 g/mol. The summed E-state index contributed by atoms with van der Waals surface area (Å²) >= 11 is 3.99. The Bertz CT molecular complexity index is 3640. The molecule has 4 aromatic heterocycles. The van der Waals surface area contributed by atoms with Crippen LogP contribution in [0.3, 0.4) is 0 Å². The highest BCUT2D eigenvalue weighted by Gasteiger charge is 2.25. The Morgan fingerprint density at radius 2 is 0.625 bits per heavy atom. The molecule has 0 N–H and O–H groups in total. The van der Waals surface area contributed by atoms with Gasteiger partial charge in [-0.3, -0.25) is 0 Å². The lowest BCUT2D eigenvalue weighted by Crippen LogP contribution is -1.80. The number of hydrogen-bond acceptors (Lipinski definition) is 2. The Balaban J connectivity index is 1.02. The minimum absolute atomic E-state index is 0.766. The molecule has 0 aliphatic heterocycles. The number of thiophene rings is 2. The third kappa shape index (κ3) is 6.17. The maximum absolute atomic E-state index is 2.64. The number of rotatable bonds is 6. The average molecular weight is 887 g/mol. The van der Waals surface area contributed by atoms with E-state index in [0.717, 1.165) is 0 Å². The van der Waals surface area contributed by atoms with Gasteiger partial charge in [0.25, 0.3) is 0 Å². The first-order chi connectivity index (χ1) is 31.5. The molecule has 2 unspecified atom stereocenters. The van der Waals surface area contributed by atoms with Crippen LogP contribution >= 0.6 is 37.7 Å². The first-order valence-electron chi connectivity index (χ1n) is 21.9. The Kier molecular flexibility index (Phi) is 8.94. The molecule has 13 rings (SSSR count). The van der Waals surface area contributed by atoms with Crippen LogP contribution in [0.1, 0.15) is 11.1 Å². The van der Waals surface area contributed by atoms with Gasteiger partial charge < -0.3 is 0 Å². The standard InChI is InChI=1S/C60H40P2S2/c1-37-13-27-47(28-14-37)61-53-35-52-54(36-51(53)59-57(61)49-31-25-45(33-55(49)63-59)43-21-17-41(18-22-43)39-9-5-3-6-10-39)62(48-29-15-38(2)16-30-48)58-50-32-26-46(34-56(50)64-60(52)58)44-23-19-42(20-24-44)40-11-7-4-8-12-40/h3-36H,1-2H3. The Hall–Kier alpha value is -6.50. The van der Waals surface area contributed by atoms with Crippen molar-refractivity contribution in [3.63, 3.8) is 0 Å².